The number of esters is 1. The Morgan fingerprint density at radius 1 is 1.00 bits per heavy atom. The van der Waals surface area contributed by atoms with E-state index in [1.54, 1.807) is 0 Å². The van der Waals surface area contributed by atoms with Crippen molar-refractivity contribution in [3.8, 4) is 5.75 Å². The summed E-state index contributed by atoms with van der Waals surface area (Å²) >= 11 is 0. The highest BCUT2D eigenvalue weighted by Crippen LogP contribution is 2.32. The van der Waals surface area contributed by atoms with Crippen LogP contribution in [0.1, 0.15) is 38.3 Å². The molecule has 0 radical (unpaired) electrons. The van der Waals surface area contributed by atoms with Crippen LogP contribution in [0.4, 0.5) is 0 Å². The number of benzene rings is 2. The molecule has 0 spiro atoms. The quantitative estimate of drug-likeness (QED) is 0.446. The molecule has 0 unspecified atom stereocenters. The predicted octanol–water partition coefficient (Wildman–Crippen LogP) is 4.88. The SMILES string of the molecule is C=C(CC)C(=O)Oc1ccc(C(C)(C)c2ccccc2)cc1. The van der Waals surface area contributed by atoms with Crippen LogP contribution < -0.4 is 4.74 Å². The van der Waals surface area contributed by atoms with E-state index < -0.39 is 0 Å². The van der Waals surface area contributed by atoms with E-state index in [9.17, 15) is 4.79 Å². The van der Waals surface area contributed by atoms with Crippen molar-refractivity contribution in [2.45, 2.75) is 32.6 Å². The van der Waals surface area contributed by atoms with E-state index in [1.165, 1.54) is 11.1 Å². The Bertz CT molecular complexity index is 652. The Hall–Kier alpha value is -2.35. The Labute approximate surface area is 132 Å². The van der Waals surface area contributed by atoms with E-state index in [4.69, 9.17) is 4.74 Å². The van der Waals surface area contributed by atoms with Crippen molar-refractivity contribution in [2.24, 2.45) is 0 Å². The molecular formula is C20H22O2. The zero-order valence-electron chi connectivity index (χ0n) is 13.4. The van der Waals surface area contributed by atoms with Crippen LogP contribution in [0.5, 0.6) is 5.75 Å². The number of hydrogen-bond acceptors (Lipinski definition) is 2. The summed E-state index contributed by atoms with van der Waals surface area (Å²) in [6, 6.07) is 18.0. The summed E-state index contributed by atoms with van der Waals surface area (Å²) in [6.45, 7) is 9.94. The molecule has 114 valence electrons. The largest absolute Gasteiger partial charge is 0.423 e. The number of carbonyl (C=O) groups excluding carboxylic acids is 1. The molecule has 0 amide bonds. The first-order chi connectivity index (χ1) is 10.4. The van der Waals surface area contributed by atoms with E-state index in [0.29, 0.717) is 17.7 Å². The van der Waals surface area contributed by atoms with E-state index in [2.05, 4.69) is 32.6 Å². The van der Waals surface area contributed by atoms with Gasteiger partial charge >= 0.3 is 5.97 Å². The minimum Gasteiger partial charge on any atom is -0.423 e. The molecule has 0 atom stereocenters. The van der Waals surface area contributed by atoms with Crippen molar-refractivity contribution in [1.82, 2.24) is 0 Å². The minimum atomic E-state index is -0.363. The van der Waals surface area contributed by atoms with Gasteiger partial charge in [-0.3, -0.25) is 0 Å². The highest BCUT2D eigenvalue weighted by molar-refractivity contribution is 5.89. The van der Waals surface area contributed by atoms with Crippen molar-refractivity contribution in [2.75, 3.05) is 0 Å². The topological polar surface area (TPSA) is 26.3 Å². The number of ether oxygens (including phenoxy) is 1. The third-order valence-corrected chi connectivity index (χ3v) is 4.00. The molecule has 0 aliphatic rings. The van der Waals surface area contributed by atoms with Crippen LogP contribution in [0.2, 0.25) is 0 Å². The summed E-state index contributed by atoms with van der Waals surface area (Å²) in [5, 5.41) is 0. The summed E-state index contributed by atoms with van der Waals surface area (Å²) in [5.74, 6) is 0.185. The van der Waals surface area contributed by atoms with Gasteiger partial charge in [-0.25, -0.2) is 4.79 Å². The molecule has 2 aromatic rings. The normalized spacial score (nSPS) is 11.0. The van der Waals surface area contributed by atoms with Crippen LogP contribution in [-0.4, -0.2) is 5.97 Å². The van der Waals surface area contributed by atoms with Gasteiger partial charge in [-0.05, 0) is 29.7 Å². The lowest BCUT2D eigenvalue weighted by molar-refractivity contribution is -0.130. The second-order valence-corrected chi connectivity index (χ2v) is 5.86. The van der Waals surface area contributed by atoms with E-state index >= 15 is 0 Å². The third kappa shape index (κ3) is 3.45. The summed E-state index contributed by atoms with van der Waals surface area (Å²) in [7, 11) is 0. The maximum Gasteiger partial charge on any atom is 0.338 e. The molecule has 0 aromatic heterocycles. The summed E-state index contributed by atoms with van der Waals surface area (Å²) in [6.07, 6.45) is 0.595. The average Bonchev–Trinajstić information content (AvgIpc) is 2.55. The molecular weight excluding hydrogens is 272 g/mol. The average molecular weight is 294 g/mol. The highest BCUT2D eigenvalue weighted by Gasteiger charge is 2.22. The van der Waals surface area contributed by atoms with Gasteiger partial charge < -0.3 is 4.74 Å². The van der Waals surface area contributed by atoms with Gasteiger partial charge in [0.2, 0.25) is 0 Å². The summed E-state index contributed by atoms with van der Waals surface area (Å²) < 4.78 is 5.30. The standard InChI is InChI=1S/C20H22O2/c1-5-15(2)19(21)22-18-13-11-17(12-14-18)20(3,4)16-9-7-6-8-10-16/h6-14H,2,5H2,1,3-4H3. The Morgan fingerprint density at radius 2 is 1.55 bits per heavy atom. The predicted molar refractivity (Wildman–Crippen MR) is 90.1 cm³/mol. The van der Waals surface area contributed by atoms with Crippen LogP contribution in [0.15, 0.2) is 66.7 Å². The minimum absolute atomic E-state index is 0.100. The monoisotopic (exact) mass is 294 g/mol. The van der Waals surface area contributed by atoms with Gasteiger partial charge in [-0.1, -0.05) is 69.8 Å². The maximum atomic E-state index is 11.7. The number of rotatable bonds is 5. The molecule has 0 fully saturated rings. The van der Waals surface area contributed by atoms with Crippen LogP contribution in [0.25, 0.3) is 0 Å². The summed E-state index contributed by atoms with van der Waals surface area (Å²) in [5.41, 5.74) is 2.80. The molecule has 0 aliphatic carbocycles. The molecule has 0 aliphatic heterocycles. The smallest absolute Gasteiger partial charge is 0.338 e. The Kier molecular flexibility index (Phi) is 4.81. The van der Waals surface area contributed by atoms with Gasteiger partial charge in [0.15, 0.2) is 0 Å². The van der Waals surface area contributed by atoms with Gasteiger partial charge in [-0.2, -0.15) is 0 Å². The summed E-state index contributed by atoms with van der Waals surface area (Å²) in [4.78, 5) is 11.7. The fourth-order valence-electron chi connectivity index (χ4n) is 2.28. The molecule has 2 heteroatoms. The van der Waals surface area contributed by atoms with Crippen molar-refractivity contribution in [1.29, 1.82) is 0 Å². The maximum absolute atomic E-state index is 11.7. The fraction of sp³-hybridized carbons (Fsp3) is 0.250. The van der Waals surface area contributed by atoms with E-state index in [1.807, 2.05) is 49.4 Å². The second-order valence-electron chi connectivity index (χ2n) is 5.86. The van der Waals surface area contributed by atoms with Crippen LogP contribution in [-0.2, 0) is 10.2 Å². The van der Waals surface area contributed by atoms with Crippen LogP contribution in [0, 0.1) is 0 Å². The Balaban J connectivity index is 2.18. The van der Waals surface area contributed by atoms with Gasteiger partial charge in [0.05, 0.1) is 0 Å². The molecule has 2 rings (SSSR count). The molecule has 2 nitrogen and oxygen atoms in total. The van der Waals surface area contributed by atoms with Crippen molar-refractivity contribution in [3.05, 3.63) is 77.9 Å². The zero-order chi connectivity index (χ0) is 16.2. The molecule has 22 heavy (non-hydrogen) atoms. The number of hydrogen-bond donors (Lipinski definition) is 0. The third-order valence-electron chi connectivity index (χ3n) is 4.00. The van der Waals surface area contributed by atoms with E-state index in [-0.39, 0.29) is 11.4 Å². The lowest BCUT2D eigenvalue weighted by Crippen LogP contribution is -2.18. The van der Waals surface area contributed by atoms with Gasteiger partial charge in [-0.15, -0.1) is 0 Å². The first kappa shape index (κ1) is 16.0. The van der Waals surface area contributed by atoms with Crippen LogP contribution >= 0.6 is 0 Å². The van der Waals surface area contributed by atoms with Gasteiger partial charge in [0.1, 0.15) is 5.75 Å². The second kappa shape index (κ2) is 6.61. The molecule has 0 heterocycles. The fourth-order valence-corrected chi connectivity index (χ4v) is 2.28. The molecule has 2 aromatic carbocycles. The van der Waals surface area contributed by atoms with E-state index in [0.717, 1.165) is 0 Å². The molecule has 0 bridgehead atoms. The van der Waals surface area contributed by atoms with Gasteiger partial charge in [0, 0.05) is 11.0 Å². The van der Waals surface area contributed by atoms with Gasteiger partial charge in [0.25, 0.3) is 0 Å². The molecule has 0 saturated heterocycles. The molecule has 0 N–H and O–H groups in total. The number of carbonyl (C=O) groups is 1. The lowest BCUT2D eigenvalue weighted by atomic mass is 9.78. The first-order valence-electron chi connectivity index (χ1n) is 7.51. The highest BCUT2D eigenvalue weighted by atomic mass is 16.5. The van der Waals surface area contributed by atoms with Crippen LogP contribution in [0.3, 0.4) is 0 Å². The first-order valence-corrected chi connectivity index (χ1v) is 7.51. The van der Waals surface area contributed by atoms with Crippen molar-refractivity contribution < 1.29 is 9.53 Å². The Morgan fingerprint density at radius 3 is 2.09 bits per heavy atom. The zero-order valence-corrected chi connectivity index (χ0v) is 13.4. The van der Waals surface area contributed by atoms with Crippen molar-refractivity contribution in [3.63, 3.8) is 0 Å². The molecule has 0 saturated carbocycles. The van der Waals surface area contributed by atoms with Crippen molar-refractivity contribution >= 4 is 5.97 Å². The lowest BCUT2D eigenvalue weighted by Gasteiger charge is -2.26.